The lowest BCUT2D eigenvalue weighted by molar-refractivity contribution is 0.397. The van der Waals surface area contributed by atoms with Gasteiger partial charge in [0.1, 0.15) is 0 Å². The fourth-order valence-electron chi connectivity index (χ4n) is 1.43. The van der Waals surface area contributed by atoms with Gasteiger partial charge in [-0.3, -0.25) is 4.68 Å². The van der Waals surface area contributed by atoms with Crippen LogP contribution in [0.4, 0.5) is 5.95 Å². The lowest BCUT2D eigenvalue weighted by Gasteiger charge is -2.05. The van der Waals surface area contributed by atoms with Crippen LogP contribution in [0, 0.1) is 6.92 Å². The minimum Gasteiger partial charge on any atom is -0.481 e. The quantitative estimate of drug-likeness (QED) is 0.857. The maximum atomic E-state index is 5.03. The van der Waals surface area contributed by atoms with Gasteiger partial charge in [-0.2, -0.15) is 10.1 Å². The molecule has 2 aromatic rings. The van der Waals surface area contributed by atoms with Crippen LogP contribution < -0.4 is 10.1 Å². The van der Waals surface area contributed by atoms with Gasteiger partial charge < -0.3 is 10.1 Å². The molecule has 0 saturated heterocycles. The summed E-state index contributed by atoms with van der Waals surface area (Å²) >= 11 is 0. The molecular weight excluding hydrogens is 218 g/mol. The van der Waals surface area contributed by atoms with E-state index in [0.717, 1.165) is 11.3 Å². The molecule has 0 radical (unpaired) electrons. The summed E-state index contributed by atoms with van der Waals surface area (Å²) in [4.78, 5) is 8.28. The number of aromatic nitrogens is 4. The third-order valence-electron chi connectivity index (χ3n) is 2.61. The van der Waals surface area contributed by atoms with Crippen LogP contribution in [0.25, 0.3) is 0 Å². The van der Waals surface area contributed by atoms with E-state index in [0.29, 0.717) is 18.4 Å². The Labute approximate surface area is 99.7 Å². The Balaban J connectivity index is 2.04. The third-order valence-corrected chi connectivity index (χ3v) is 2.61. The average molecular weight is 233 g/mol. The maximum absolute atomic E-state index is 5.03. The Morgan fingerprint density at radius 2 is 2.29 bits per heavy atom. The monoisotopic (exact) mass is 233 g/mol. The number of rotatable bonds is 4. The molecule has 0 spiro atoms. The van der Waals surface area contributed by atoms with E-state index in [-0.39, 0.29) is 0 Å². The van der Waals surface area contributed by atoms with Crippen molar-refractivity contribution in [1.29, 1.82) is 0 Å². The van der Waals surface area contributed by atoms with Crippen LogP contribution >= 0.6 is 0 Å². The number of ether oxygens (including phenoxy) is 1. The smallest absolute Gasteiger partial charge is 0.226 e. The molecule has 90 valence electrons. The highest BCUT2D eigenvalue weighted by Crippen LogP contribution is 2.10. The average Bonchev–Trinajstić information content (AvgIpc) is 2.68. The highest BCUT2D eigenvalue weighted by Gasteiger charge is 2.04. The largest absolute Gasteiger partial charge is 0.481 e. The number of aryl methyl sites for hydroxylation is 1. The summed E-state index contributed by atoms with van der Waals surface area (Å²) in [7, 11) is 3.50. The summed E-state index contributed by atoms with van der Waals surface area (Å²) in [5, 5.41) is 7.31. The van der Waals surface area contributed by atoms with Crippen molar-refractivity contribution in [1.82, 2.24) is 19.7 Å². The zero-order valence-electron chi connectivity index (χ0n) is 10.1. The number of nitrogens with zero attached hydrogens (tertiary/aromatic N) is 4. The Kier molecular flexibility index (Phi) is 3.22. The van der Waals surface area contributed by atoms with Crippen molar-refractivity contribution in [2.24, 2.45) is 7.05 Å². The molecule has 2 heterocycles. The van der Waals surface area contributed by atoms with Crippen molar-refractivity contribution >= 4 is 5.95 Å². The fourth-order valence-corrected chi connectivity index (χ4v) is 1.43. The molecule has 1 N–H and O–H groups in total. The number of nitrogens with one attached hydrogen (secondary N) is 1. The summed E-state index contributed by atoms with van der Waals surface area (Å²) in [6.45, 7) is 2.67. The van der Waals surface area contributed by atoms with Crippen molar-refractivity contribution in [3.05, 3.63) is 29.7 Å². The maximum Gasteiger partial charge on any atom is 0.226 e. The number of hydrogen-bond acceptors (Lipinski definition) is 5. The second-order valence-electron chi connectivity index (χ2n) is 3.65. The lowest BCUT2D eigenvalue weighted by atomic mass is 10.2. The standard InChI is InChI=1S/C11H15N5O/c1-8-9(7-14-16(8)2)6-13-11-12-5-4-10(15-11)17-3/h4-5,7H,6H2,1-3H3,(H,12,13,15). The molecule has 0 saturated carbocycles. The third kappa shape index (κ3) is 2.52. The Hall–Kier alpha value is -2.11. The van der Waals surface area contributed by atoms with E-state index in [1.54, 1.807) is 19.4 Å². The van der Waals surface area contributed by atoms with E-state index in [4.69, 9.17) is 4.74 Å². The number of anilines is 1. The van der Waals surface area contributed by atoms with E-state index < -0.39 is 0 Å². The Morgan fingerprint density at radius 3 is 2.94 bits per heavy atom. The molecule has 6 heteroatoms. The molecule has 0 aliphatic rings. The number of hydrogen-bond donors (Lipinski definition) is 1. The second kappa shape index (κ2) is 4.82. The predicted molar refractivity (Wildman–Crippen MR) is 63.9 cm³/mol. The summed E-state index contributed by atoms with van der Waals surface area (Å²) in [5.41, 5.74) is 2.25. The molecule has 0 atom stereocenters. The predicted octanol–water partition coefficient (Wildman–Crippen LogP) is 1.14. The highest BCUT2D eigenvalue weighted by molar-refractivity contribution is 5.30. The molecule has 0 bridgehead atoms. The molecule has 0 aliphatic heterocycles. The molecular formula is C11H15N5O. The van der Waals surface area contributed by atoms with Crippen LogP contribution in [0.2, 0.25) is 0 Å². The molecule has 17 heavy (non-hydrogen) atoms. The first kappa shape index (κ1) is 11.4. The van der Waals surface area contributed by atoms with Gasteiger partial charge in [0.05, 0.1) is 13.3 Å². The van der Waals surface area contributed by atoms with Gasteiger partial charge in [0, 0.05) is 37.1 Å². The van der Waals surface area contributed by atoms with Crippen LogP contribution in [-0.4, -0.2) is 26.9 Å². The first-order valence-corrected chi connectivity index (χ1v) is 5.29. The van der Waals surface area contributed by atoms with Gasteiger partial charge in [0.15, 0.2) is 0 Å². The van der Waals surface area contributed by atoms with Crippen molar-refractivity contribution in [2.45, 2.75) is 13.5 Å². The SMILES string of the molecule is COc1ccnc(NCc2cnn(C)c2C)n1. The van der Waals surface area contributed by atoms with Crippen LogP contribution in [-0.2, 0) is 13.6 Å². The fraction of sp³-hybridized carbons (Fsp3) is 0.364. The van der Waals surface area contributed by atoms with E-state index in [1.807, 2.05) is 24.9 Å². The lowest BCUT2D eigenvalue weighted by Crippen LogP contribution is -2.05. The van der Waals surface area contributed by atoms with Crippen molar-refractivity contribution in [3.8, 4) is 5.88 Å². The van der Waals surface area contributed by atoms with Gasteiger partial charge in [-0.15, -0.1) is 0 Å². The van der Waals surface area contributed by atoms with E-state index in [1.165, 1.54) is 0 Å². The Morgan fingerprint density at radius 1 is 1.47 bits per heavy atom. The van der Waals surface area contributed by atoms with Crippen LogP contribution in [0.15, 0.2) is 18.5 Å². The topological polar surface area (TPSA) is 64.9 Å². The molecule has 2 aromatic heterocycles. The van der Waals surface area contributed by atoms with Gasteiger partial charge in [-0.05, 0) is 6.92 Å². The van der Waals surface area contributed by atoms with E-state index in [2.05, 4.69) is 20.4 Å². The van der Waals surface area contributed by atoms with Crippen LogP contribution in [0.3, 0.4) is 0 Å². The zero-order valence-corrected chi connectivity index (χ0v) is 10.1. The molecule has 0 amide bonds. The van der Waals surface area contributed by atoms with Crippen LogP contribution in [0.1, 0.15) is 11.3 Å². The Bertz CT molecular complexity index is 508. The molecule has 0 unspecified atom stereocenters. The van der Waals surface area contributed by atoms with Gasteiger partial charge in [-0.25, -0.2) is 4.98 Å². The first-order valence-electron chi connectivity index (χ1n) is 5.29. The minimum atomic E-state index is 0.547. The summed E-state index contributed by atoms with van der Waals surface area (Å²) < 4.78 is 6.86. The zero-order chi connectivity index (χ0) is 12.3. The van der Waals surface area contributed by atoms with Gasteiger partial charge in [-0.1, -0.05) is 0 Å². The van der Waals surface area contributed by atoms with Crippen molar-refractivity contribution < 1.29 is 4.74 Å². The summed E-state index contributed by atoms with van der Waals surface area (Å²) in [6.07, 6.45) is 3.49. The van der Waals surface area contributed by atoms with Crippen molar-refractivity contribution in [2.75, 3.05) is 12.4 Å². The summed E-state index contributed by atoms with van der Waals surface area (Å²) in [6, 6.07) is 1.71. The van der Waals surface area contributed by atoms with Gasteiger partial charge in [0.2, 0.25) is 11.8 Å². The second-order valence-corrected chi connectivity index (χ2v) is 3.65. The summed E-state index contributed by atoms with van der Waals surface area (Å²) in [5.74, 6) is 1.10. The van der Waals surface area contributed by atoms with E-state index in [9.17, 15) is 0 Å². The normalized spacial score (nSPS) is 10.3. The van der Waals surface area contributed by atoms with Gasteiger partial charge in [0.25, 0.3) is 0 Å². The molecule has 0 fully saturated rings. The molecule has 0 aromatic carbocycles. The molecule has 6 nitrogen and oxygen atoms in total. The first-order chi connectivity index (χ1) is 8.20. The van der Waals surface area contributed by atoms with Crippen LogP contribution in [0.5, 0.6) is 5.88 Å². The minimum absolute atomic E-state index is 0.547. The van der Waals surface area contributed by atoms with Gasteiger partial charge >= 0.3 is 0 Å². The van der Waals surface area contributed by atoms with E-state index >= 15 is 0 Å². The van der Waals surface area contributed by atoms with Crippen molar-refractivity contribution in [3.63, 3.8) is 0 Å². The molecule has 2 rings (SSSR count). The number of methoxy groups -OCH3 is 1. The molecule has 0 aliphatic carbocycles. The highest BCUT2D eigenvalue weighted by atomic mass is 16.5.